The monoisotopic (exact) mass is 584 g/mol. The van der Waals surface area contributed by atoms with Crippen molar-refractivity contribution in [2.75, 3.05) is 31.1 Å². The van der Waals surface area contributed by atoms with Crippen molar-refractivity contribution in [1.29, 1.82) is 0 Å². The fourth-order valence-electron chi connectivity index (χ4n) is 4.45. The first-order valence-corrected chi connectivity index (χ1v) is 14.7. The van der Waals surface area contributed by atoms with E-state index in [1.165, 1.54) is 8.99 Å². The standard InChI is InChI=1S/C28H26Cl2N4O4S/c29-23-9-4-8-22(16-23)19-38-27-26(18-31-34(28(27)35)25-11-5-10-24(30)17-25)32-12-14-33(15-13-32)39(36,37)20-21-6-2-1-3-7-21/h1-11,16-18H,12-15,19-20H2. The van der Waals surface area contributed by atoms with Gasteiger partial charge in [0.15, 0.2) is 0 Å². The van der Waals surface area contributed by atoms with Crippen LogP contribution in [0.4, 0.5) is 5.69 Å². The Labute approximate surface area is 237 Å². The average Bonchev–Trinajstić information content (AvgIpc) is 2.93. The van der Waals surface area contributed by atoms with E-state index in [9.17, 15) is 13.2 Å². The van der Waals surface area contributed by atoms with Crippen LogP contribution < -0.4 is 15.2 Å². The molecule has 1 fully saturated rings. The van der Waals surface area contributed by atoms with Gasteiger partial charge in [-0.3, -0.25) is 4.79 Å². The third-order valence-corrected chi connectivity index (χ3v) is 8.72. The molecule has 0 unspecified atom stereocenters. The van der Waals surface area contributed by atoms with Gasteiger partial charge in [0.05, 0.1) is 17.6 Å². The highest BCUT2D eigenvalue weighted by Gasteiger charge is 2.29. The van der Waals surface area contributed by atoms with Crippen molar-refractivity contribution in [2.24, 2.45) is 0 Å². The van der Waals surface area contributed by atoms with Gasteiger partial charge in [0.1, 0.15) is 12.3 Å². The highest BCUT2D eigenvalue weighted by molar-refractivity contribution is 7.88. The third-order valence-electron chi connectivity index (χ3n) is 6.40. The minimum absolute atomic E-state index is 0.0565. The number of hydrogen-bond acceptors (Lipinski definition) is 6. The molecule has 4 aromatic rings. The molecule has 0 radical (unpaired) electrons. The number of sulfonamides is 1. The minimum Gasteiger partial charge on any atom is -0.481 e. The van der Waals surface area contributed by atoms with Gasteiger partial charge in [0, 0.05) is 36.2 Å². The number of piperazine rings is 1. The molecule has 8 nitrogen and oxygen atoms in total. The molecule has 1 aliphatic rings. The van der Waals surface area contributed by atoms with Crippen LogP contribution in [0, 0.1) is 0 Å². The Morgan fingerprint density at radius 3 is 2.18 bits per heavy atom. The summed E-state index contributed by atoms with van der Waals surface area (Å²) in [6, 6.07) is 23.2. The Balaban J connectivity index is 1.40. The molecule has 1 saturated heterocycles. The van der Waals surface area contributed by atoms with Crippen LogP contribution in [-0.4, -0.2) is 48.7 Å². The largest absolute Gasteiger partial charge is 0.481 e. The second-order valence-corrected chi connectivity index (χ2v) is 11.9. The summed E-state index contributed by atoms with van der Waals surface area (Å²) in [5.74, 6) is 0.0598. The molecule has 0 N–H and O–H groups in total. The Kier molecular flexibility index (Phi) is 8.23. The van der Waals surface area contributed by atoms with Gasteiger partial charge in [-0.25, -0.2) is 8.42 Å². The Morgan fingerprint density at radius 1 is 0.821 bits per heavy atom. The number of rotatable bonds is 8. The smallest absolute Gasteiger partial charge is 0.316 e. The molecule has 0 atom stereocenters. The van der Waals surface area contributed by atoms with Gasteiger partial charge in [-0.15, -0.1) is 0 Å². The summed E-state index contributed by atoms with van der Waals surface area (Å²) in [7, 11) is -3.49. The van der Waals surface area contributed by atoms with Crippen molar-refractivity contribution >= 4 is 38.9 Å². The maximum Gasteiger partial charge on any atom is 0.316 e. The topological polar surface area (TPSA) is 84.7 Å². The van der Waals surface area contributed by atoms with Crippen LogP contribution in [0.2, 0.25) is 10.0 Å². The predicted octanol–water partition coefficient (Wildman–Crippen LogP) is 4.77. The number of anilines is 1. The summed E-state index contributed by atoms with van der Waals surface area (Å²) in [5.41, 5.74) is 2.10. The maximum atomic E-state index is 13.6. The number of hydrogen-bond donors (Lipinski definition) is 0. The summed E-state index contributed by atoms with van der Waals surface area (Å²) >= 11 is 12.3. The van der Waals surface area contributed by atoms with Crippen molar-refractivity contribution in [3.05, 3.63) is 117 Å². The van der Waals surface area contributed by atoms with Crippen LogP contribution in [0.1, 0.15) is 11.1 Å². The SMILES string of the molecule is O=c1c(OCc2cccc(Cl)c2)c(N2CCN(S(=O)(=O)Cc3ccccc3)CC2)cnn1-c1cccc(Cl)c1. The normalized spacial score (nSPS) is 14.4. The molecule has 2 heterocycles. The minimum atomic E-state index is -3.49. The van der Waals surface area contributed by atoms with Crippen LogP contribution in [0.15, 0.2) is 89.9 Å². The lowest BCUT2D eigenvalue weighted by molar-refractivity contribution is 0.297. The van der Waals surface area contributed by atoms with E-state index < -0.39 is 15.6 Å². The lowest BCUT2D eigenvalue weighted by Crippen LogP contribution is -2.49. The lowest BCUT2D eigenvalue weighted by atomic mass is 10.2. The molecule has 0 spiro atoms. The van der Waals surface area contributed by atoms with Gasteiger partial charge >= 0.3 is 5.56 Å². The first-order chi connectivity index (χ1) is 18.8. The second kappa shape index (κ2) is 11.8. The van der Waals surface area contributed by atoms with Gasteiger partial charge < -0.3 is 9.64 Å². The molecular weight excluding hydrogens is 559 g/mol. The molecule has 1 aliphatic heterocycles. The molecule has 0 amide bonds. The molecule has 202 valence electrons. The van der Waals surface area contributed by atoms with E-state index in [0.29, 0.717) is 34.5 Å². The summed E-state index contributed by atoms with van der Waals surface area (Å²) in [5, 5.41) is 5.43. The van der Waals surface area contributed by atoms with E-state index in [1.807, 2.05) is 35.2 Å². The Morgan fingerprint density at radius 2 is 1.49 bits per heavy atom. The zero-order valence-corrected chi connectivity index (χ0v) is 23.2. The van der Waals surface area contributed by atoms with Crippen molar-refractivity contribution in [3.8, 4) is 11.4 Å². The van der Waals surface area contributed by atoms with Crippen molar-refractivity contribution in [2.45, 2.75) is 12.4 Å². The van der Waals surface area contributed by atoms with E-state index >= 15 is 0 Å². The van der Waals surface area contributed by atoms with E-state index in [4.69, 9.17) is 27.9 Å². The van der Waals surface area contributed by atoms with Crippen LogP contribution in [0.3, 0.4) is 0 Å². The Hall–Kier alpha value is -3.37. The third kappa shape index (κ3) is 6.45. The van der Waals surface area contributed by atoms with Crippen LogP contribution in [0.25, 0.3) is 5.69 Å². The van der Waals surface area contributed by atoms with Crippen molar-refractivity contribution < 1.29 is 13.2 Å². The Bertz CT molecular complexity index is 1620. The summed E-state index contributed by atoms with van der Waals surface area (Å²) < 4.78 is 34.9. The summed E-state index contributed by atoms with van der Waals surface area (Å²) in [6.07, 6.45) is 1.57. The molecule has 11 heteroatoms. The molecule has 5 rings (SSSR count). The average molecular weight is 586 g/mol. The highest BCUT2D eigenvalue weighted by Crippen LogP contribution is 2.28. The van der Waals surface area contributed by atoms with Gasteiger partial charge in [-0.2, -0.15) is 14.1 Å². The molecular formula is C28H26Cl2N4O4S. The zero-order chi connectivity index (χ0) is 27.4. The fraction of sp³-hybridized carbons (Fsp3) is 0.214. The number of ether oxygens (including phenoxy) is 1. The number of halogens is 2. The van der Waals surface area contributed by atoms with Gasteiger partial charge in [-0.05, 0) is 41.5 Å². The van der Waals surface area contributed by atoms with E-state index in [2.05, 4.69) is 5.10 Å². The molecule has 1 aromatic heterocycles. The number of nitrogens with zero attached hydrogens (tertiary/aromatic N) is 4. The summed E-state index contributed by atoms with van der Waals surface area (Å²) in [6.45, 7) is 1.43. The maximum absolute atomic E-state index is 13.6. The molecule has 3 aromatic carbocycles. The molecule has 0 aliphatic carbocycles. The molecule has 39 heavy (non-hydrogen) atoms. The van der Waals surface area contributed by atoms with Crippen LogP contribution >= 0.6 is 23.2 Å². The van der Waals surface area contributed by atoms with Gasteiger partial charge in [-0.1, -0.05) is 71.7 Å². The second-order valence-electron chi connectivity index (χ2n) is 9.10. The first-order valence-electron chi connectivity index (χ1n) is 12.3. The van der Waals surface area contributed by atoms with E-state index in [-0.39, 0.29) is 31.2 Å². The molecule has 0 bridgehead atoms. The number of benzene rings is 3. The van der Waals surface area contributed by atoms with Crippen molar-refractivity contribution in [3.63, 3.8) is 0 Å². The van der Waals surface area contributed by atoms with E-state index in [1.54, 1.807) is 54.7 Å². The summed E-state index contributed by atoms with van der Waals surface area (Å²) in [4.78, 5) is 15.6. The quantitative estimate of drug-likeness (QED) is 0.296. The lowest BCUT2D eigenvalue weighted by Gasteiger charge is -2.35. The van der Waals surface area contributed by atoms with Gasteiger partial charge in [0.25, 0.3) is 0 Å². The number of aromatic nitrogens is 2. The van der Waals surface area contributed by atoms with Crippen LogP contribution in [-0.2, 0) is 22.4 Å². The first kappa shape index (κ1) is 27.2. The highest BCUT2D eigenvalue weighted by atomic mass is 35.5. The van der Waals surface area contributed by atoms with E-state index in [0.717, 1.165) is 11.1 Å². The zero-order valence-electron chi connectivity index (χ0n) is 20.9. The van der Waals surface area contributed by atoms with Crippen molar-refractivity contribution in [1.82, 2.24) is 14.1 Å². The van der Waals surface area contributed by atoms with Crippen LogP contribution in [0.5, 0.6) is 5.75 Å². The predicted molar refractivity (Wildman–Crippen MR) is 153 cm³/mol. The molecule has 0 saturated carbocycles. The van der Waals surface area contributed by atoms with Gasteiger partial charge in [0.2, 0.25) is 15.8 Å². The fourth-order valence-corrected chi connectivity index (χ4v) is 6.36.